The predicted molar refractivity (Wildman–Crippen MR) is 81.3 cm³/mol. The molecule has 0 atom stereocenters. The monoisotopic (exact) mass is 283 g/mol. The van der Waals surface area contributed by atoms with E-state index >= 15 is 0 Å². The number of aromatic nitrogens is 2. The molecule has 1 aromatic carbocycles. The van der Waals surface area contributed by atoms with Gasteiger partial charge in [0.1, 0.15) is 18.2 Å². The first-order valence-electron chi connectivity index (χ1n) is 6.65. The van der Waals surface area contributed by atoms with Gasteiger partial charge < -0.3 is 15.4 Å². The molecule has 6 heteroatoms. The Hall–Kier alpha value is -2.65. The van der Waals surface area contributed by atoms with Crippen molar-refractivity contribution in [3.8, 4) is 6.07 Å². The van der Waals surface area contributed by atoms with Gasteiger partial charge in [0.05, 0.1) is 11.6 Å². The summed E-state index contributed by atoms with van der Waals surface area (Å²) >= 11 is 0. The van der Waals surface area contributed by atoms with E-state index in [1.807, 2.05) is 25.1 Å². The highest BCUT2D eigenvalue weighted by Gasteiger charge is 2.04. The number of ether oxygens (including phenoxy) is 1. The van der Waals surface area contributed by atoms with Gasteiger partial charge in [-0.1, -0.05) is 0 Å². The Morgan fingerprint density at radius 3 is 2.52 bits per heavy atom. The van der Waals surface area contributed by atoms with Crippen LogP contribution in [0.15, 0.2) is 30.3 Å². The first-order chi connectivity index (χ1) is 10.2. The third kappa shape index (κ3) is 4.16. The molecular weight excluding hydrogens is 266 g/mol. The Morgan fingerprint density at radius 1 is 1.19 bits per heavy atom. The van der Waals surface area contributed by atoms with Crippen molar-refractivity contribution in [2.45, 2.75) is 13.5 Å². The Kier molecular flexibility index (Phi) is 5.07. The molecule has 21 heavy (non-hydrogen) atoms. The smallest absolute Gasteiger partial charge is 0.158 e. The Morgan fingerprint density at radius 2 is 1.90 bits per heavy atom. The van der Waals surface area contributed by atoms with E-state index in [0.29, 0.717) is 30.4 Å². The molecule has 2 aromatic rings. The molecule has 1 heterocycles. The van der Waals surface area contributed by atoms with Crippen molar-refractivity contribution in [2.75, 3.05) is 24.3 Å². The largest absolute Gasteiger partial charge is 0.374 e. The summed E-state index contributed by atoms with van der Waals surface area (Å²) in [4.78, 5) is 8.73. The fourth-order valence-electron chi connectivity index (χ4n) is 1.72. The summed E-state index contributed by atoms with van der Waals surface area (Å²) in [6.07, 6.45) is 0. The van der Waals surface area contributed by atoms with Crippen molar-refractivity contribution in [2.24, 2.45) is 0 Å². The molecule has 0 aliphatic heterocycles. The minimum absolute atomic E-state index is 0.369. The van der Waals surface area contributed by atoms with Crippen molar-refractivity contribution in [3.05, 3.63) is 41.7 Å². The van der Waals surface area contributed by atoms with Crippen LogP contribution < -0.4 is 10.6 Å². The SMILES string of the molecule is CCOCc1nc(NC)cc(Nc2ccc(C#N)cc2)n1. The lowest BCUT2D eigenvalue weighted by Gasteiger charge is -2.10. The summed E-state index contributed by atoms with van der Waals surface area (Å²) < 4.78 is 5.34. The lowest BCUT2D eigenvalue weighted by atomic mass is 10.2. The number of nitrogens with one attached hydrogen (secondary N) is 2. The summed E-state index contributed by atoms with van der Waals surface area (Å²) in [5.41, 5.74) is 1.48. The van der Waals surface area contributed by atoms with Gasteiger partial charge in [-0.2, -0.15) is 5.26 Å². The van der Waals surface area contributed by atoms with Crippen molar-refractivity contribution in [1.82, 2.24) is 9.97 Å². The number of hydrogen-bond acceptors (Lipinski definition) is 6. The highest BCUT2D eigenvalue weighted by molar-refractivity contribution is 5.60. The Bertz CT molecular complexity index is 634. The number of hydrogen-bond donors (Lipinski definition) is 2. The van der Waals surface area contributed by atoms with Gasteiger partial charge in [-0.3, -0.25) is 0 Å². The number of anilines is 3. The maximum absolute atomic E-state index is 8.79. The summed E-state index contributed by atoms with van der Waals surface area (Å²) in [5, 5.41) is 15.0. The lowest BCUT2D eigenvalue weighted by Crippen LogP contribution is -2.05. The summed E-state index contributed by atoms with van der Waals surface area (Å²) in [7, 11) is 1.80. The van der Waals surface area contributed by atoms with Crippen LogP contribution in [0.5, 0.6) is 0 Å². The second kappa shape index (κ2) is 7.22. The van der Waals surface area contributed by atoms with E-state index in [1.54, 1.807) is 19.2 Å². The van der Waals surface area contributed by atoms with Crippen LogP contribution in [0.1, 0.15) is 18.3 Å². The number of benzene rings is 1. The molecule has 2 N–H and O–H groups in total. The summed E-state index contributed by atoms with van der Waals surface area (Å²) in [6.45, 7) is 2.91. The van der Waals surface area contributed by atoms with Crippen LogP contribution in [0, 0.1) is 11.3 Å². The van der Waals surface area contributed by atoms with Crippen molar-refractivity contribution in [1.29, 1.82) is 5.26 Å². The van der Waals surface area contributed by atoms with Crippen LogP contribution in [0.4, 0.5) is 17.3 Å². The molecule has 0 spiro atoms. The molecule has 6 nitrogen and oxygen atoms in total. The predicted octanol–water partition coefficient (Wildman–Crippen LogP) is 2.67. The first kappa shape index (κ1) is 14.8. The number of nitrogens with zero attached hydrogens (tertiary/aromatic N) is 3. The average Bonchev–Trinajstić information content (AvgIpc) is 2.53. The molecule has 0 fully saturated rings. The van der Waals surface area contributed by atoms with Crippen LogP contribution in [-0.4, -0.2) is 23.6 Å². The van der Waals surface area contributed by atoms with Gasteiger partial charge in [-0.25, -0.2) is 9.97 Å². The summed E-state index contributed by atoms with van der Waals surface area (Å²) in [5.74, 6) is 2.00. The molecule has 0 unspecified atom stereocenters. The fraction of sp³-hybridized carbons (Fsp3) is 0.267. The molecule has 0 bridgehead atoms. The zero-order valence-corrected chi connectivity index (χ0v) is 12.1. The molecule has 1 aromatic heterocycles. The third-order valence-corrected chi connectivity index (χ3v) is 2.75. The second-order valence-corrected chi connectivity index (χ2v) is 4.26. The van der Waals surface area contributed by atoms with Gasteiger partial charge in [-0.05, 0) is 31.2 Å². The van der Waals surface area contributed by atoms with E-state index in [4.69, 9.17) is 10.00 Å². The van der Waals surface area contributed by atoms with E-state index < -0.39 is 0 Å². The minimum atomic E-state index is 0.369. The highest BCUT2D eigenvalue weighted by Crippen LogP contribution is 2.18. The Labute approximate surface area is 123 Å². The fourth-order valence-corrected chi connectivity index (χ4v) is 1.72. The maximum atomic E-state index is 8.79. The minimum Gasteiger partial charge on any atom is -0.374 e. The van der Waals surface area contributed by atoms with Crippen LogP contribution in [0.2, 0.25) is 0 Å². The van der Waals surface area contributed by atoms with E-state index in [9.17, 15) is 0 Å². The van der Waals surface area contributed by atoms with Crippen LogP contribution in [0.3, 0.4) is 0 Å². The molecular formula is C15H17N5O. The molecule has 0 amide bonds. The second-order valence-electron chi connectivity index (χ2n) is 4.26. The van der Waals surface area contributed by atoms with E-state index in [0.717, 1.165) is 11.5 Å². The lowest BCUT2D eigenvalue weighted by molar-refractivity contribution is 0.128. The molecule has 0 aliphatic carbocycles. The van der Waals surface area contributed by atoms with E-state index in [-0.39, 0.29) is 0 Å². The zero-order chi connectivity index (χ0) is 15.1. The molecule has 0 saturated carbocycles. The normalized spacial score (nSPS) is 9.95. The topological polar surface area (TPSA) is 82.9 Å². The Balaban J connectivity index is 2.19. The van der Waals surface area contributed by atoms with Gasteiger partial charge in [-0.15, -0.1) is 0 Å². The van der Waals surface area contributed by atoms with Crippen molar-refractivity contribution >= 4 is 17.3 Å². The highest BCUT2D eigenvalue weighted by atomic mass is 16.5. The van der Waals surface area contributed by atoms with E-state index in [2.05, 4.69) is 26.7 Å². The number of rotatable bonds is 6. The van der Waals surface area contributed by atoms with Gasteiger partial charge in [0, 0.05) is 25.4 Å². The van der Waals surface area contributed by atoms with Gasteiger partial charge in [0.15, 0.2) is 5.82 Å². The third-order valence-electron chi connectivity index (χ3n) is 2.75. The van der Waals surface area contributed by atoms with Crippen LogP contribution >= 0.6 is 0 Å². The van der Waals surface area contributed by atoms with Gasteiger partial charge >= 0.3 is 0 Å². The van der Waals surface area contributed by atoms with Crippen molar-refractivity contribution < 1.29 is 4.74 Å². The standard InChI is InChI=1S/C15H17N5O/c1-3-21-10-15-19-13(17-2)8-14(20-15)18-12-6-4-11(9-16)5-7-12/h4-8H,3,10H2,1-2H3,(H2,17,18,19,20). The van der Waals surface area contributed by atoms with E-state index in [1.165, 1.54) is 0 Å². The number of nitriles is 1. The first-order valence-corrected chi connectivity index (χ1v) is 6.65. The maximum Gasteiger partial charge on any atom is 0.158 e. The molecule has 0 radical (unpaired) electrons. The van der Waals surface area contributed by atoms with Gasteiger partial charge in [0.2, 0.25) is 0 Å². The van der Waals surface area contributed by atoms with Crippen molar-refractivity contribution in [3.63, 3.8) is 0 Å². The molecule has 108 valence electrons. The van der Waals surface area contributed by atoms with Crippen LogP contribution in [-0.2, 0) is 11.3 Å². The molecule has 0 aliphatic rings. The quantitative estimate of drug-likeness (QED) is 0.848. The van der Waals surface area contributed by atoms with Crippen LogP contribution in [0.25, 0.3) is 0 Å². The zero-order valence-electron chi connectivity index (χ0n) is 12.1. The summed E-state index contributed by atoms with van der Waals surface area (Å²) in [6, 6.07) is 11.1. The van der Waals surface area contributed by atoms with Gasteiger partial charge in [0.25, 0.3) is 0 Å². The average molecular weight is 283 g/mol. The molecule has 2 rings (SSSR count). The molecule has 0 saturated heterocycles.